The topological polar surface area (TPSA) is 306 Å². The maximum atomic E-state index is 14.2. The Kier molecular flexibility index (Phi) is 23.8. The van der Waals surface area contributed by atoms with E-state index in [1.165, 1.54) is 38.2 Å². The van der Waals surface area contributed by atoms with Gasteiger partial charge in [-0.25, -0.2) is 18.1 Å². The molecule has 25 nitrogen and oxygen atoms in total. The fraction of sp³-hybridized carbons (Fsp3) is 0.529. The number of aliphatic imine (C=N–C) groups is 1. The van der Waals surface area contributed by atoms with E-state index in [2.05, 4.69) is 32.8 Å². The summed E-state index contributed by atoms with van der Waals surface area (Å²) < 4.78 is 70.7. The van der Waals surface area contributed by atoms with Gasteiger partial charge in [-0.3, -0.25) is 33.8 Å². The molecule has 94 heavy (non-hydrogen) atoms. The maximum absolute atomic E-state index is 14.2. The molecule has 26 heteroatoms. The Morgan fingerprint density at radius 1 is 0.723 bits per heavy atom. The number of rotatable bonds is 31. The van der Waals surface area contributed by atoms with Crippen LogP contribution in [0.1, 0.15) is 125 Å². The lowest BCUT2D eigenvalue weighted by Gasteiger charge is -2.31. The van der Waals surface area contributed by atoms with Crippen LogP contribution in [0.3, 0.4) is 0 Å². The van der Waals surface area contributed by atoms with Gasteiger partial charge in [0.1, 0.15) is 31.1 Å². The molecule has 1 unspecified atom stereocenters. The molecule has 3 aromatic carbocycles. The largest absolute Gasteiger partial charge is 0.493 e. The van der Waals surface area contributed by atoms with Crippen molar-refractivity contribution in [2.75, 3.05) is 82.2 Å². The normalized spacial score (nSPS) is 20.7. The third-order valence-electron chi connectivity index (χ3n) is 17.3. The van der Waals surface area contributed by atoms with Crippen molar-refractivity contribution in [2.24, 2.45) is 28.7 Å². The van der Waals surface area contributed by atoms with Crippen molar-refractivity contribution in [3.63, 3.8) is 0 Å². The van der Waals surface area contributed by atoms with Crippen LogP contribution in [0.5, 0.6) is 23.0 Å². The van der Waals surface area contributed by atoms with Gasteiger partial charge in [-0.2, -0.15) is 0 Å². The second-order valence-corrected chi connectivity index (χ2v) is 26.9. The van der Waals surface area contributed by atoms with Gasteiger partial charge < -0.3 is 68.8 Å². The molecule has 0 spiro atoms. The smallest absolute Gasteiger partial charge is 0.416 e. The van der Waals surface area contributed by atoms with Crippen molar-refractivity contribution in [1.29, 1.82) is 0 Å². The van der Waals surface area contributed by atoms with E-state index in [1.807, 2.05) is 20.0 Å². The second-order valence-electron chi connectivity index (χ2n) is 24.8. The van der Waals surface area contributed by atoms with Crippen molar-refractivity contribution in [3.8, 4) is 34.8 Å². The molecule has 8 atom stereocenters. The summed E-state index contributed by atoms with van der Waals surface area (Å²) in [5, 5.41) is 20.0. The number of unbranched alkanes of at least 4 members (excludes halogenated alkanes) is 2. The van der Waals surface area contributed by atoms with Crippen LogP contribution < -0.4 is 39.8 Å². The average Bonchev–Trinajstić information content (AvgIpc) is 1.57. The van der Waals surface area contributed by atoms with Crippen LogP contribution in [0.15, 0.2) is 77.1 Å². The van der Waals surface area contributed by atoms with Crippen LogP contribution >= 0.6 is 0 Å². The minimum Gasteiger partial charge on any atom is -0.493 e. The number of sulfone groups is 1. The van der Waals surface area contributed by atoms with Gasteiger partial charge in [-0.05, 0) is 126 Å². The van der Waals surface area contributed by atoms with Gasteiger partial charge in [0, 0.05) is 55.9 Å². The fourth-order valence-electron chi connectivity index (χ4n) is 12.2. The number of nitrogens with zero attached hydrogens (tertiary/aromatic N) is 4. The Morgan fingerprint density at radius 3 is 2.04 bits per heavy atom. The number of carbonyl (C=O) groups is 7. The van der Waals surface area contributed by atoms with E-state index >= 15 is 0 Å². The highest BCUT2D eigenvalue weighted by Gasteiger charge is 2.50. The summed E-state index contributed by atoms with van der Waals surface area (Å²) in [6.45, 7) is 9.06. The van der Waals surface area contributed by atoms with Crippen molar-refractivity contribution in [3.05, 3.63) is 88.8 Å². The molecule has 3 aromatic rings. The summed E-state index contributed by atoms with van der Waals surface area (Å²) in [6.07, 6.45) is 9.52. The third kappa shape index (κ3) is 17.8. The van der Waals surface area contributed by atoms with Gasteiger partial charge >= 0.3 is 12.1 Å². The van der Waals surface area contributed by atoms with Crippen molar-refractivity contribution < 1.29 is 85.0 Å². The molecular formula is C68H85N7O18S. The second kappa shape index (κ2) is 32.1. The van der Waals surface area contributed by atoms with Crippen LogP contribution in [0, 0.1) is 35.5 Å². The first-order valence-electron chi connectivity index (χ1n) is 32.0. The quantitative estimate of drug-likeness (QED) is 0.0282. The molecule has 0 saturated heterocycles. The van der Waals surface area contributed by atoms with Crippen molar-refractivity contribution >= 4 is 74.7 Å². The van der Waals surface area contributed by atoms with Gasteiger partial charge in [-0.15, -0.1) is 11.8 Å². The highest BCUT2D eigenvalue weighted by Crippen LogP contribution is 2.52. The number of anilines is 2. The van der Waals surface area contributed by atoms with Gasteiger partial charge in [0.2, 0.25) is 17.7 Å². The molecule has 9 rings (SSSR count). The van der Waals surface area contributed by atoms with Crippen LogP contribution in [-0.2, 0) is 54.6 Å². The summed E-state index contributed by atoms with van der Waals surface area (Å²) in [6, 6.07) is 9.74. The van der Waals surface area contributed by atoms with Crippen LogP contribution in [-0.4, -0.2) is 174 Å². The summed E-state index contributed by atoms with van der Waals surface area (Å²) in [4.78, 5) is 102. The first-order chi connectivity index (χ1) is 45.1. The number of fused-ring (bicyclic) bond motifs is 5. The Hall–Kier alpha value is -8.51. The van der Waals surface area contributed by atoms with Crippen molar-refractivity contribution in [1.82, 2.24) is 20.4 Å². The molecule has 1 saturated carbocycles. The number of methoxy groups -OCH3 is 2. The third-order valence-corrected chi connectivity index (χ3v) is 18.9. The number of hydrogen-bond acceptors (Lipinski definition) is 19. The SMILES string of the molecule is COc1cc2c(cc1OCCCCCOc1cc3c(cc1OC)C(=O)N1C=C(C)C[C@H]1[C@H](O)N3C(=O)OCc1ccc(NC(=O)[C@H](C)NC(=O)[C@@H](NC(=O)COCCOCCCS(=O)(=O)CC(=O)OCC3[C@H]4CCC#CCC[C@@H]34)C(C)C)cc1)N=C[C@@H]1CC(C)=CN1C2=O. The average molecular weight is 1320 g/mol. The summed E-state index contributed by atoms with van der Waals surface area (Å²) in [5.74, 6) is 4.43. The lowest BCUT2D eigenvalue weighted by molar-refractivity contribution is -0.141. The summed E-state index contributed by atoms with van der Waals surface area (Å²) in [7, 11) is -0.740. The highest BCUT2D eigenvalue weighted by molar-refractivity contribution is 7.92. The highest BCUT2D eigenvalue weighted by atomic mass is 32.2. The molecule has 1 fully saturated rings. The van der Waals surface area contributed by atoms with Crippen LogP contribution in [0.4, 0.5) is 21.9 Å². The Morgan fingerprint density at radius 2 is 1.36 bits per heavy atom. The predicted octanol–water partition coefficient (Wildman–Crippen LogP) is 7.16. The zero-order chi connectivity index (χ0) is 67.2. The number of carbonyl (C=O) groups excluding carboxylic acids is 7. The lowest BCUT2D eigenvalue weighted by atomic mass is 10.0. The molecular weight excluding hydrogens is 1230 g/mol. The van der Waals surface area contributed by atoms with Gasteiger partial charge in [0.15, 0.2) is 39.1 Å². The monoisotopic (exact) mass is 1320 g/mol. The van der Waals surface area contributed by atoms with E-state index < -0.39 is 82.2 Å². The summed E-state index contributed by atoms with van der Waals surface area (Å²) in [5.41, 5.74) is 3.86. The van der Waals surface area contributed by atoms with E-state index in [4.69, 9.17) is 37.9 Å². The van der Waals surface area contributed by atoms with E-state index in [-0.39, 0.29) is 98.3 Å². The minimum atomic E-state index is -3.69. The number of nitrogens with one attached hydrogen (secondary N) is 3. The van der Waals surface area contributed by atoms with Crippen LogP contribution in [0.25, 0.3) is 0 Å². The number of benzene rings is 3. The number of hydrogen-bond donors (Lipinski definition) is 4. The van der Waals surface area contributed by atoms with E-state index in [1.54, 1.807) is 67.6 Å². The fourth-order valence-corrected chi connectivity index (χ4v) is 13.4. The van der Waals surface area contributed by atoms with E-state index in [0.717, 1.165) is 48.2 Å². The number of ether oxygens (including phenoxy) is 8. The minimum absolute atomic E-state index is 0.00876. The molecule has 4 aliphatic heterocycles. The Labute approximate surface area is 548 Å². The molecule has 4 heterocycles. The Balaban J connectivity index is 0.693. The molecule has 6 aliphatic rings. The first kappa shape index (κ1) is 69.8. The first-order valence-corrected chi connectivity index (χ1v) is 33.8. The molecule has 4 N–H and O–H groups in total. The maximum Gasteiger partial charge on any atom is 0.416 e. The standard InChI is InChI=1S/C68H85N7O18S/c1-41(2)62(72-60(76)39-89-26-25-88-22-15-27-94(84,85)40-61(77)92-38-52-48-16-11-8-9-12-17-49(48)52)64(79)70-44(5)63(78)71-46-20-18-45(19-21-46)37-93-68(83)75-54-33-59(57(87-7)31-51(54)66(81)74-36-43(4)29-55(74)67(75)82)91-24-14-10-13-23-90-58-32-53-50(30-56(58)86-6)65(80)73-35-42(3)28-47(73)34-69-53/h18-21,30-36,41,44,47-49,52,55,62,67,82H,10-17,22-29,37-40H2,1-7H3,(H,70,79)(H,71,78)(H,72,76)/t44-,47-,48-,49+,52?,55-,62-,67-/m0/s1. The zero-order valence-electron chi connectivity index (χ0n) is 54.3. The van der Waals surface area contributed by atoms with Gasteiger partial charge in [-0.1, -0.05) is 37.1 Å². The van der Waals surface area contributed by atoms with Crippen molar-refractivity contribution in [2.45, 2.75) is 136 Å². The van der Waals surface area contributed by atoms with Gasteiger partial charge in [0.05, 0.1) is 87.6 Å². The van der Waals surface area contributed by atoms with Gasteiger partial charge in [0.25, 0.3) is 11.8 Å². The molecule has 0 aromatic heterocycles. The predicted molar refractivity (Wildman–Crippen MR) is 346 cm³/mol. The number of aliphatic hydroxyl groups is 1. The Bertz CT molecular complexity index is 3560. The lowest BCUT2D eigenvalue weighted by Crippen LogP contribution is -2.54. The molecule has 6 amide bonds. The zero-order valence-corrected chi connectivity index (χ0v) is 55.1. The molecule has 0 radical (unpaired) electrons. The summed E-state index contributed by atoms with van der Waals surface area (Å²) >= 11 is 0. The molecule has 506 valence electrons. The van der Waals surface area contributed by atoms with Crippen LogP contribution in [0.2, 0.25) is 0 Å². The molecule has 0 bridgehead atoms. The number of esters is 1. The molecule has 2 aliphatic carbocycles. The van der Waals surface area contributed by atoms with E-state index in [0.29, 0.717) is 78.1 Å². The number of amides is 6. The van der Waals surface area contributed by atoms with E-state index in [9.17, 15) is 47.1 Å². The number of aliphatic hydroxyl groups excluding tert-OH is 1.